The second kappa shape index (κ2) is 7.46. The molecule has 0 aliphatic carbocycles. The third-order valence-electron chi connectivity index (χ3n) is 4.69. The van der Waals surface area contributed by atoms with Gasteiger partial charge >= 0.3 is 0 Å². The van der Waals surface area contributed by atoms with Crippen LogP contribution in [0.15, 0.2) is 30.3 Å². The van der Waals surface area contributed by atoms with Crippen molar-refractivity contribution in [3.8, 4) is 23.0 Å². The lowest BCUT2D eigenvalue weighted by atomic mass is 9.96. The zero-order chi connectivity index (χ0) is 17.9. The molecule has 0 bridgehead atoms. The molecule has 4 rings (SSSR count). The van der Waals surface area contributed by atoms with Crippen LogP contribution in [0.5, 0.6) is 23.0 Å². The molecular formula is C21H25NO4. The third-order valence-corrected chi connectivity index (χ3v) is 4.69. The molecule has 26 heavy (non-hydrogen) atoms. The van der Waals surface area contributed by atoms with E-state index >= 15 is 0 Å². The highest BCUT2D eigenvalue weighted by atomic mass is 16.7. The molecule has 5 heteroatoms. The Bertz CT molecular complexity index is 788. The number of benzene rings is 2. The molecule has 138 valence electrons. The number of hydrogen-bond donors (Lipinski definition) is 1. The van der Waals surface area contributed by atoms with E-state index in [0.29, 0.717) is 19.5 Å². The molecule has 0 spiro atoms. The first-order chi connectivity index (χ1) is 12.7. The van der Waals surface area contributed by atoms with Crippen LogP contribution >= 0.6 is 0 Å². The number of nitrogens with one attached hydrogen (secondary N) is 1. The predicted molar refractivity (Wildman–Crippen MR) is 99.1 cm³/mol. The monoisotopic (exact) mass is 355 g/mol. The van der Waals surface area contributed by atoms with Gasteiger partial charge in [-0.2, -0.15) is 0 Å². The average molecular weight is 355 g/mol. The van der Waals surface area contributed by atoms with E-state index in [-0.39, 0.29) is 0 Å². The van der Waals surface area contributed by atoms with Crippen LogP contribution in [0.1, 0.15) is 30.5 Å². The molecule has 5 nitrogen and oxygen atoms in total. The van der Waals surface area contributed by atoms with Crippen molar-refractivity contribution in [2.24, 2.45) is 5.92 Å². The van der Waals surface area contributed by atoms with Gasteiger partial charge in [-0.25, -0.2) is 0 Å². The van der Waals surface area contributed by atoms with Gasteiger partial charge in [-0.3, -0.25) is 0 Å². The summed E-state index contributed by atoms with van der Waals surface area (Å²) in [5.74, 6) is 4.04. The molecule has 0 fully saturated rings. The molecule has 0 radical (unpaired) electrons. The van der Waals surface area contributed by atoms with Gasteiger partial charge in [0.25, 0.3) is 0 Å². The predicted octanol–water partition coefficient (Wildman–Crippen LogP) is 3.67. The molecule has 2 heterocycles. The highest BCUT2D eigenvalue weighted by molar-refractivity contribution is 5.52. The van der Waals surface area contributed by atoms with E-state index in [1.807, 2.05) is 12.1 Å². The van der Waals surface area contributed by atoms with Crippen molar-refractivity contribution in [3.05, 3.63) is 47.0 Å². The zero-order valence-electron chi connectivity index (χ0n) is 15.3. The first-order valence-electron chi connectivity index (χ1n) is 9.20. The van der Waals surface area contributed by atoms with Gasteiger partial charge in [0.05, 0.1) is 0 Å². The Balaban J connectivity index is 1.37. The molecule has 2 aliphatic rings. The van der Waals surface area contributed by atoms with Crippen molar-refractivity contribution in [2.45, 2.75) is 33.2 Å². The van der Waals surface area contributed by atoms with Crippen LogP contribution in [-0.4, -0.2) is 20.1 Å². The number of fused-ring (bicyclic) bond motifs is 2. The minimum absolute atomic E-state index is 0.319. The second-order valence-corrected chi connectivity index (χ2v) is 7.15. The molecule has 0 amide bonds. The highest BCUT2D eigenvalue weighted by Gasteiger charge is 2.21. The zero-order valence-corrected chi connectivity index (χ0v) is 15.3. The summed E-state index contributed by atoms with van der Waals surface area (Å²) in [6, 6.07) is 10.3. The quantitative estimate of drug-likeness (QED) is 0.768. The summed E-state index contributed by atoms with van der Waals surface area (Å²) >= 11 is 0. The lowest BCUT2D eigenvalue weighted by Crippen LogP contribution is -2.18. The van der Waals surface area contributed by atoms with Gasteiger partial charge in [0.2, 0.25) is 13.6 Å². The van der Waals surface area contributed by atoms with Crippen LogP contribution in [0.25, 0.3) is 0 Å². The van der Waals surface area contributed by atoms with Crippen LogP contribution in [0, 0.1) is 5.92 Å². The summed E-state index contributed by atoms with van der Waals surface area (Å²) in [4.78, 5) is 0. The highest BCUT2D eigenvalue weighted by Crippen LogP contribution is 2.38. The summed E-state index contributed by atoms with van der Waals surface area (Å²) in [5, 5.41) is 3.55. The van der Waals surface area contributed by atoms with E-state index < -0.39 is 0 Å². The van der Waals surface area contributed by atoms with Crippen molar-refractivity contribution in [1.82, 2.24) is 5.32 Å². The molecule has 0 aromatic heterocycles. The largest absolute Gasteiger partial charge is 0.454 e. The van der Waals surface area contributed by atoms with Crippen molar-refractivity contribution in [2.75, 3.05) is 20.1 Å². The van der Waals surface area contributed by atoms with E-state index in [0.717, 1.165) is 48.9 Å². The van der Waals surface area contributed by atoms with Crippen LogP contribution in [0.3, 0.4) is 0 Å². The van der Waals surface area contributed by atoms with Gasteiger partial charge in [0.15, 0.2) is 23.0 Å². The Morgan fingerprint density at radius 3 is 2.58 bits per heavy atom. The van der Waals surface area contributed by atoms with Crippen molar-refractivity contribution in [1.29, 1.82) is 0 Å². The maximum atomic E-state index is 5.71. The van der Waals surface area contributed by atoms with Crippen molar-refractivity contribution in [3.63, 3.8) is 0 Å². The van der Waals surface area contributed by atoms with E-state index in [1.165, 1.54) is 16.7 Å². The Morgan fingerprint density at radius 1 is 0.923 bits per heavy atom. The topological polar surface area (TPSA) is 49.0 Å². The van der Waals surface area contributed by atoms with Crippen LogP contribution in [-0.2, 0) is 19.4 Å². The fourth-order valence-electron chi connectivity index (χ4n) is 3.42. The standard InChI is InChI=1S/C21H25NO4/c1-14(2)9-17-16(4-6-19-21(17)26-13-24-19)11-22-8-7-15-3-5-18-20(10-15)25-12-23-18/h3-6,10,14,22H,7-9,11-13H2,1-2H3. The Hall–Kier alpha value is -2.40. The van der Waals surface area contributed by atoms with Crippen LogP contribution < -0.4 is 24.3 Å². The van der Waals surface area contributed by atoms with Gasteiger partial charge in [0, 0.05) is 12.1 Å². The lowest BCUT2D eigenvalue weighted by molar-refractivity contribution is 0.173. The molecule has 1 N–H and O–H groups in total. The van der Waals surface area contributed by atoms with E-state index in [4.69, 9.17) is 18.9 Å². The first kappa shape index (κ1) is 17.0. The SMILES string of the molecule is CC(C)Cc1c(CNCCc2ccc3c(c2)OCO3)ccc2c1OCO2. The Morgan fingerprint density at radius 2 is 1.69 bits per heavy atom. The van der Waals surface area contributed by atoms with Gasteiger partial charge < -0.3 is 24.3 Å². The summed E-state index contributed by atoms with van der Waals surface area (Å²) in [5.41, 5.74) is 3.80. The number of ether oxygens (including phenoxy) is 4. The molecule has 0 saturated heterocycles. The van der Waals surface area contributed by atoms with Gasteiger partial charge in [-0.1, -0.05) is 26.0 Å². The molecule has 2 aromatic carbocycles. The van der Waals surface area contributed by atoms with E-state index in [1.54, 1.807) is 0 Å². The Labute approximate surface area is 154 Å². The van der Waals surface area contributed by atoms with Crippen LogP contribution in [0.4, 0.5) is 0 Å². The molecule has 2 aliphatic heterocycles. The fourth-order valence-corrected chi connectivity index (χ4v) is 3.42. The minimum Gasteiger partial charge on any atom is -0.454 e. The summed E-state index contributed by atoms with van der Waals surface area (Å²) in [6.45, 7) is 6.82. The van der Waals surface area contributed by atoms with Crippen molar-refractivity contribution >= 4 is 0 Å². The second-order valence-electron chi connectivity index (χ2n) is 7.15. The van der Waals surface area contributed by atoms with E-state index in [9.17, 15) is 0 Å². The number of hydrogen-bond acceptors (Lipinski definition) is 5. The molecule has 0 saturated carbocycles. The molecule has 0 unspecified atom stereocenters. The molecule has 2 aromatic rings. The maximum Gasteiger partial charge on any atom is 0.231 e. The summed E-state index contributed by atoms with van der Waals surface area (Å²) < 4.78 is 22.0. The normalized spacial score (nSPS) is 14.3. The fraction of sp³-hybridized carbons (Fsp3) is 0.429. The van der Waals surface area contributed by atoms with Gasteiger partial charge in [-0.05, 0) is 54.6 Å². The first-order valence-corrected chi connectivity index (χ1v) is 9.20. The summed E-state index contributed by atoms with van der Waals surface area (Å²) in [6.07, 6.45) is 1.94. The Kier molecular flexibility index (Phi) is 4.89. The average Bonchev–Trinajstić information content (AvgIpc) is 3.28. The maximum absolute atomic E-state index is 5.71. The number of rotatable bonds is 7. The van der Waals surface area contributed by atoms with Gasteiger partial charge in [-0.15, -0.1) is 0 Å². The van der Waals surface area contributed by atoms with Gasteiger partial charge in [0.1, 0.15) is 0 Å². The molecular weight excluding hydrogens is 330 g/mol. The smallest absolute Gasteiger partial charge is 0.231 e. The lowest BCUT2D eigenvalue weighted by Gasteiger charge is -2.15. The van der Waals surface area contributed by atoms with Crippen LogP contribution in [0.2, 0.25) is 0 Å². The minimum atomic E-state index is 0.319. The third kappa shape index (κ3) is 3.58. The van der Waals surface area contributed by atoms with Crippen molar-refractivity contribution < 1.29 is 18.9 Å². The molecule has 0 atom stereocenters. The summed E-state index contributed by atoms with van der Waals surface area (Å²) in [7, 11) is 0. The van der Waals surface area contributed by atoms with E-state index in [2.05, 4.69) is 37.4 Å².